The minimum absolute atomic E-state index is 0.107. The van der Waals surface area contributed by atoms with Crippen LogP contribution in [0.5, 0.6) is 0 Å². The van der Waals surface area contributed by atoms with Crippen LogP contribution in [0.3, 0.4) is 0 Å². The molecule has 70 valence electrons. The molecule has 0 aliphatic rings. The Morgan fingerprint density at radius 2 is 2.15 bits per heavy atom. The average Bonchev–Trinajstić information content (AvgIpc) is 2.02. The Balaban J connectivity index is 3.28. The first kappa shape index (κ1) is 11.2. The van der Waals surface area contributed by atoms with Gasteiger partial charge in [0.15, 0.2) is 5.78 Å². The molecular formula is C8H4Cl2FIO. The van der Waals surface area contributed by atoms with Crippen molar-refractivity contribution in [3.63, 3.8) is 0 Å². The van der Waals surface area contributed by atoms with Crippen molar-refractivity contribution >= 4 is 51.6 Å². The summed E-state index contributed by atoms with van der Waals surface area (Å²) in [5.74, 6) is -1.39. The number of rotatable bonds is 2. The van der Waals surface area contributed by atoms with Gasteiger partial charge in [0, 0.05) is 3.57 Å². The maximum atomic E-state index is 13.2. The Labute approximate surface area is 98.4 Å². The fraction of sp³-hybridized carbons (Fsp3) is 0.125. The molecule has 1 aromatic rings. The van der Waals surface area contributed by atoms with Crippen molar-refractivity contribution in [3.05, 3.63) is 32.1 Å². The van der Waals surface area contributed by atoms with Gasteiger partial charge in [-0.05, 0) is 34.7 Å². The number of hydrogen-bond acceptors (Lipinski definition) is 1. The topological polar surface area (TPSA) is 17.1 Å². The molecule has 0 heterocycles. The molecule has 0 N–H and O–H groups in total. The van der Waals surface area contributed by atoms with Gasteiger partial charge >= 0.3 is 0 Å². The molecule has 1 rings (SSSR count). The van der Waals surface area contributed by atoms with Crippen LogP contribution in [-0.4, -0.2) is 11.7 Å². The lowest BCUT2D eigenvalue weighted by molar-refractivity contribution is 0.101. The second kappa shape index (κ2) is 4.57. The third-order valence-corrected chi connectivity index (χ3v) is 2.57. The molecule has 13 heavy (non-hydrogen) atoms. The minimum atomic E-state index is -0.623. The monoisotopic (exact) mass is 332 g/mol. The van der Waals surface area contributed by atoms with Crippen LogP contribution in [-0.2, 0) is 0 Å². The fourth-order valence-electron chi connectivity index (χ4n) is 0.875. The van der Waals surface area contributed by atoms with Crippen molar-refractivity contribution in [3.8, 4) is 0 Å². The van der Waals surface area contributed by atoms with Gasteiger partial charge < -0.3 is 0 Å². The van der Waals surface area contributed by atoms with E-state index in [9.17, 15) is 9.18 Å². The van der Waals surface area contributed by atoms with Gasteiger partial charge in [-0.2, -0.15) is 0 Å². The number of hydrogen-bond donors (Lipinski definition) is 0. The molecule has 0 amide bonds. The van der Waals surface area contributed by atoms with Gasteiger partial charge in [-0.15, -0.1) is 11.6 Å². The van der Waals surface area contributed by atoms with Crippen LogP contribution in [0.2, 0.25) is 5.02 Å². The second-order valence-electron chi connectivity index (χ2n) is 2.30. The van der Waals surface area contributed by atoms with Crippen LogP contribution in [0.4, 0.5) is 4.39 Å². The van der Waals surface area contributed by atoms with E-state index in [0.717, 1.165) is 0 Å². The summed E-state index contributed by atoms with van der Waals surface area (Å²) in [7, 11) is 0. The first-order valence-electron chi connectivity index (χ1n) is 3.30. The average molecular weight is 333 g/mol. The number of benzene rings is 1. The molecule has 0 saturated carbocycles. The van der Waals surface area contributed by atoms with E-state index in [4.69, 9.17) is 23.2 Å². The molecule has 0 aliphatic carbocycles. The van der Waals surface area contributed by atoms with Crippen LogP contribution in [0.25, 0.3) is 0 Å². The SMILES string of the molecule is O=C(CCl)c1c(F)cc(I)cc1Cl. The molecule has 0 aromatic heterocycles. The zero-order valence-electron chi connectivity index (χ0n) is 6.28. The van der Waals surface area contributed by atoms with E-state index >= 15 is 0 Å². The lowest BCUT2D eigenvalue weighted by Crippen LogP contribution is -2.05. The van der Waals surface area contributed by atoms with Crippen molar-refractivity contribution in [2.45, 2.75) is 0 Å². The number of ketones is 1. The summed E-state index contributed by atoms with van der Waals surface area (Å²) in [5.41, 5.74) is -0.128. The number of Topliss-reactive ketones (excluding diaryl/α,β-unsaturated/α-hetero) is 1. The predicted octanol–water partition coefficient (Wildman–Crippen LogP) is 3.51. The Hall–Kier alpha value is 0.130. The first-order valence-corrected chi connectivity index (χ1v) is 5.29. The number of halogens is 4. The Morgan fingerprint density at radius 3 is 2.62 bits per heavy atom. The van der Waals surface area contributed by atoms with Gasteiger partial charge in [0.2, 0.25) is 0 Å². The Kier molecular flexibility index (Phi) is 3.94. The fourth-order valence-corrected chi connectivity index (χ4v) is 2.09. The van der Waals surface area contributed by atoms with Gasteiger partial charge in [-0.3, -0.25) is 4.79 Å². The van der Waals surface area contributed by atoms with Crippen molar-refractivity contribution in [2.24, 2.45) is 0 Å². The molecule has 0 saturated heterocycles. The summed E-state index contributed by atoms with van der Waals surface area (Å²) in [6.07, 6.45) is 0. The van der Waals surface area contributed by atoms with Crippen LogP contribution >= 0.6 is 45.8 Å². The summed E-state index contributed by atoms with van der Waals surface area (Å²) in [5, 5.41) is 0.107. The summed E-state index contributed by atoms with van der Waals surface area (Å²) in [4.78, 5) is 11.1. The molecule has 0 spiro atoms. The second-order valence-corrected chi connectivity index (χ2v) is 4.22. The molecule has 0 aliphatic heterocycles. The quantitative estimate of drug-likeness (QED) is 0.460. The van der Waals surface area contributed by atoms with Gasteiger partial charge in [0.05, 0.1) is 16.5 Å². The van der Waals surface area contributed by atoms with E-state index in [1.807, 2.05) is 22.6 Å². The number of carbonyl (C=O) groups excluding carboxylic acids is 1. The molecule has 1 nitrogen and oxygen atoms in total. The largest absolute Gasteiger partial charge is 0.293 e. The lowest BCUT2D eigenvalue weighted by Gasteiger charge is -2.03. The molecule has 0 radical (unpaired) electrons. The number of alkyl halides is 1. The van der Waals surface area contributed by atoms with E-state index in [1.54, 1.807) is 0 Å². The van der Waals surface area contributed by atoms with Crippen molar-refractivity contribution < 1.29 is 9.18 Å². The molecule has 5 heteroatoms. The molecule has 0 fully saturated rings. The van der Waals surface area contributed by atoms with E-state index in [2.05, 4.69) is 0 Å². The molecule has 0 unspecified atom stereocenters. The van der Waals surface area contributed by atoms with Crippen molar-refractivity contribution in [2.75, 3.05) is 5.88 Å². The van der Waals surface area contributed by atoms with Crippen LogP contribution in [0, 0.1) is 9.39 Å². The maximum absolute atomic E-state index is 13.2. The standard InChI is InChI=1S/C8H4Cl2FIO/c9-3-7(13)8-5(10)1-4(12)2-6(8)11/h1-2H,3H2. The first-order chi connectivity index (χ1) is 6.06. The highest BCUT2D eigenvalue weighted by atomic mass is 127. The van der Waals surface area contributed by atoms with Crippen molar-refractivity contribution in [1.29, 1.82) is 0 Å². The summed E-state index contributed by atoms with van der Waals surface area (Å²) >= 11 is 12.9. The third kappa shape index (κ3) is 2.54. The maximum Gasteiger partial charge on any atom is 0.182 e. The predicted molar refractivity (Wildman–Crippen MR) is 59.2 cm³/mol. The summed E-state index contributed by atoms with van der Waals surface area (Å²) in [6, 6.07) is 2.76. The Morgan fingerprint density at radius 1 is 1.54 bits per heavy atom. The van der Waals surface area contributed by atoms with E-state index in [1.165, 1.54) is 12.1 Å². The minimum Gasteiger partial charge on any atom is -0.293 e. The molecule has 0 atom stereocenters. The summed E-state index contributed by atoms with van der Waals surface area (Å²) in [6.45, 7) is 0. The van der Waals surface area contributed by atoms with Crippen LogP contribution in [0.15, 0.2) is 12.1 Å². The van der Waals surface area contributed by atoms with Gasteiger partial charge in [0.1, 0.15) is 5.82 Å². The number of carbonyl (C=O) groups is 1. The lowest BCUT2D eigenvalue weighted by atomic mass is 10.1. The van der Waals surface area contributed by atoms with Gasteiger partial charge in [0.25, 0.3) is 0 Å². The van der Waals surface area contributed by atoms with E-state index in [-0.39, 0.29) is 16.5 Å². The highest BCUT2D eigenvalue weighted by Crippen LogP contribution is 2.23. The molecule has 1 aromatic carbocycles. The molecular weight excluding hydrogens is 329 g/mol. The van der Waals surface area contributed by atoms with Crippen LogP contribution < -0.4 is 0 Å². The third-order valence-electron chi connectivity index (χ3n) is 1.41. The van der Waals surface area contributed by atoms with Crippen molar-refractivity contribution in [1.82, 2.24) is 0 Å². The highest BCUT2D eigenvalue weighted by Gasteiger charge is 2.15. The highest BCUT2D eigenvalue weighted by molar-refractivity contribution is 14.1. The summed E-state index contributed by atoms with van der Waals surface area (Å²) < 4.78 is 13.8. The van der Waals surface area contributed by atoms with Gasteiger partial charge in [-0.25, -0.2) is 4.39 Å². The van der Waals surface area contributed by atoms with E-state index < -0.39 is 11.6 Å². The zero-order chi connectivity index (χ0) is 10.0. The smallest absolute Gasteiger partial charge is 0.182 e. The normalized spacial score (nSPS) is 10.2. The van der Waals surface area contributed by atoms with E-state index in [0.29, 0.717) is 3.57 Å². The van der Waals surface area contributed by atoms with Gasteiger partial charge in [-0.1, -0.05) is 11.6 Å². The Bertz CT molecular complexity index is 331. The zero-order valence-corrected chi connectivity index (χ0v) is 9.95. The van der Waals surface area contributed by atoms with Crippen LogP contribution in [0.1, 0.15) is 10.4 Å². The molecule has 0 bridgehead atoms.